The second-order valence-corrected chi connectivity index (χ2v) is 11.2. The molecule has 5 atom stereocenters. The Morgan fingerprint density at radius 2 is 1.94 bits per heavy atom. The number of carbonyl (C=O) groups is 3. The van der Waals surface area contributed by atoms with Crippen molar-refractivity contribution in [2.45, 2.75) is 51.2 Å². The number of fused-ring (bicyclic) bond motifs is 2. The van der Waals surface area contributed by atoms with Gasteiger partial charge in [0.25, 0.3) is 0 Å². The Balaban J connectivity index is 1.82. The molecular formula is C20H23N3O8S2. The number of aromatic nitrogens is 2. The minimum Gasteiger partial charge on any atom is -0.426 e. The quantitative estimate of drug-likeness (QED) is 0.348. The Labute approximate surface area is 193 Å². The molecule has 2 aromatic heterocycles. The second-order valence-electron chi connectivity index (χ2n) is 8.23. The first kappa shape index (κ1) is 23.4. The number of rotatable bonds is 6. The number of nitrogens with zero attached hydrogens (tertiary/aromatic N) is 3. The van der Waals surface area contributed by atoms with Crippen LogP contribution in [0.4, 0.5) is 0 Å². The molecule has 33 heavy (non-hydrogen) atoms. The molecule has 1 N–H and O–H groups in total. The van der Waals surface area contributed by atoms with Crippen molar-refractivity contribution in [3.8, 4) is 0 Å². The maximum absolute atomic E-state index is 13.1. The minimum atomic E-state index is -3.58. The molecule has 4 rings (SSSR count). The van der Waals surface area contributed by atoms with Crippen LogP contribution in [0.3, 0.4) is 0 Å². The third kappa shape index (κ3) is 3.73. The number of imidazole rings is 1. The zero-order valence-corrected chi connectivity index (χ0v) is 20.1. The third-order valence-corrected chi connectivity index (χ3v) is 8.04. The number of aliphatic hydroxyl groups excluding tert-OH is 1. The van der Waals surface area contributed by atoms with Crippen molar-refractivity contribution < 1.29 is 37.4 Å². The average Bonchev–Trinajstić information content (AvgIpc) is 3.29. The standard InChI is InChI=1S/C20H23N3O8S2/c1-8-13(12-6-22-7-21-17(19(22)32-12)33(5,28)29)16(20(27)31-11(4)30-10(3)25)23-15(8)14(9(2)24)18(23)26/h6-9,11,14-15,24H,1-5H3/t8-,9+,11?,14+,15+/m0/s1. The fourth-order valence-corrected chi connectivity index (χ4v) is 6.86. The van der Waals surface area contributed by atoms with Crippen LogP contribution in [0.15, 0.2) is 23.2 Å². The van der Waals surface area contributed by atoms with E-state index in [1.54, 1.807) is 10.6 Å². The first-order valence-corrected chi connectivity index (χ1v) is 12.8. The van der Waals surface area contributed by atoms with Gasteiger partial charge in [0.15, 0.2) is 14.9 Å². The van der Waals surface area contributed by atoms with Crippen molar-refractivity contribution in [3.05, 3.63) is 23.1 Å². The third-order valence-electron chi connectivity index (χ3n) is 5.77. The van der Waals surface area contributed by atoms with E-state index in [1.165, 1.54) is 32.0 Å². The van der Waals surface area contributed by atoms with E-state index >= 15 is 0 Å². The van der Waals surface area contributed by atoms with E-state index < -0.39 is 52.0 Å². The van der Waals surface area contributed by atoms with E-state index in [4.69, 9.17) is 9.47 Å². The second kappa shape index (κ2) is 7.92. The summed E-state index contributed by atoms with van der Waals surface area (Å²) in [6.07, 6.45) is 1.97. The maximum Gasteiger partial charge on any atom is 0.358 e. The number of thiazole rings is 1. The van der Waals surface area contributed by atoms with Crippen LogP contribution in [0.1, 0.15) is 32.6 Å². The van der Waals surface area contributed by atoms with Crippen LogP contribution in [-0.4, -0.2) is 70.3 Å². The summed E-state index contributed by atoms with van der Waals surface area (Å²) in [6.45, 7) is 5.90. The molecule has 0 radical (unpaired) electrons. The normalized spacial score (nSPS) is 24.5. The number of carbonyl (C=O) groups excluding carboxylic acids is 3. The van der Waals surface area contributed by atoms with Gasteiger partial charge in [0, 0.05) is 37.8 Å². The molecule has 4 heterocycles. The van der Waals surface area contributed by atoms with E-state index in [0.29, 0.717) is 15.3 Å². The monoisotopic (exact) mass is 497 g/mol. The number of aliphatic hydroxyl groups is 1. The highest BCUT2D eigenvalue weighted by Gasteiger charge is 2.60. The Morgan fingerprint density at radius 3 is 2.52 bits per heavy atom. The molecule has 2 aliphatic rings. The molecule has 0 saturated carbocycles. The lowest BCUT2D eigenvalue weighted by molar-refractivity contribution is -0.184. The minimum absolute atomic E-state index is 0.00762. The summed E-state index contributed by atoms with van der Waals surface area (Å²) in [5.74, 6) is -2.95. The van der Waals surface area contributed by atoms with Crippen LogP contribution in [0.5, 0.6) is 0 Å². The summed E-state index contributed by atoms with van der Waals surface area (Å²) in [7, 11) is -3.58. The molecule has 13 heteroatoms. The van der Waals surface area contributed by atoms with Gasteiger partial charge in [-0.15, -0.1) is 11.3 Å². The number of ether oxygens (including phenoxy) is 2. The average molecular weight is 498 g/mol. The first-order valence-electron chi connectivity index (χ1n) is 10.1. The molecule has 1 amide bonds. The predicted octanol–water partition coefficient (Wildman–Crippen LogP) is 0.820. The number of hydrogen-bond acceptors (Lipinski definition) is 10. The lowest BCUT2D eigenvalue weighted by Gasteiger charge is -2.46. The van der Waals surface area contributed by atoms with E-state index in [9.17, 15) is 27.9 Å². The molecule has 0 bridgehead atoms. The summed E-state index contributed by atoms with van der Waals surface area (Å²) >= 11 is 1.12. The number of hydrogen-bond donors (Lipinski definition) is 1. The van der Waals surface area contributed by atoms with Gasteiger partial charge in [-0.1, -0.05) is 6.92 Å². The smallest absolute Gasteiger partial charge is 0.358 e. The number of amides is 1. The molecule has 2 aromatic rings. The molecule has 0 aromatic carbocycles. The Morgan fingerprint density at radius 1 is 1.27 bits per heavy atom. The van der Waals surface area contributed by atoms with Gasteiger partial charge in [-0.05, 0) is 6.92 Å². The van der Waals surface area contributed by atoms with E-state index in [-0.39, 0.29) is 16.6 Å². The van der Waals surface area contributed by atoms with Gasteiger partial charge in [-0.2, -0.15) is 0 Å². The highest BCUT2D eigenvalue weighted by molar-refractivity contribution is 7.91. The van der Waals surface area contributed by atoms with Gasteiger partial charge >= 0.3 is 11.9 Å². The molecule has 178 valence electrons. The van der Waals surface area contributed by atoms with E-state index in [1.807, 2.05) is 6.92 Å². The van der Waals surface area contributed by atoms with Crippen LogP contribution < -0.4 is 0 Å². The van der Waals surface area contributed by atoms with E-state index in [2.05, 4.69) is 4.98 Å². The van der Waals surface area contributed by atoms with E-state index in [0.717, 1.165) is 17.6 Å². The highest BCUT2D eigenvalue weighted by Crippen LogP contribution is 2.52. The van der Waals surface area contributed by atoms with Gasteiger partial charge in [-0.25, -0.2) is 18.2 Å². The Bertz CT molecular complexity index is 1310. The van der Waals surface area contributed by atoms with Crippen LogP contribution in [0.25, 0.3) is 10.4 Å². The van der Waals surface area contributed by atoms with Gasteiger partial charge < -0.3 is 19.5 Å². The molecule has 1 fully saturated rings. The SMILES string of the molecule is CC(=O)OC(C)OC(=O)C1=C(c2cn3cnc(S(C)(=O)=O)c3s2)[C@H](C)[C@@H]2[C@@H]([C@@H](C)O)C(=O)N12. The summed E-state index contributed by atoms with van der Waals surface area (Å²) in [5.41, 5.74) is 0.483. The van der Waals surface area contributed by atoms with Crippen molar-refractivity contribution in [2.75, 3.05) is 6.26 Å². The van der Waals surface area contributed by atoms with Crippen LogP contribution >= 0.6 is 11.3 Å². The Kier molecular flexibility index (Phi) is 5.61. The van der Waals surface area contributed by atoms with Gasteiger partial charge in [0.2, 0.25) is 12.2 Å². The first-order chi connectivity index (χ1) is 15.3. The van der Waals surface area contributed by atoms with Gasteiger partial charge in [-0.3, -0.25) is 14.0 Å². The fourth-order valence-electron chi connectivity index (χ4n) is 4.50. The summed E-state index contributed by atoms with van der Waals surface area (Å²) < 4.78 is 35.9. The maximum atomic E-state index is 13.1. The van der Waals surface area contributed by atoms with Crippen molar-refractivity contribution in [1.82, 2.24) is 14.3 Å². The van der Waals surface area contributed by atoms with Gasteiger partial charge in [0.05, 0.1) is 22.9 Å². The largest absolute Gasteiger partial charge is 0.426 e. The molecular weight excluding hydrogens is 474 g/mol. The molecule has 2 aliphatic heterocycles. The number of sulfone groups is 1. The molecule has 1 unspecified atom stereocenters. The Hall–Kier alpha value is -2.77. The van der Waals surface area contributed by atoms with Crippen molar-refractivity contribution in [3.63, 3.8) is 0 Å². The number of esters is 2. The molecule has 0 spiro atoms. The van der Waals surface area contributed by atoms with Crippen molar-refractivity contribution in [1.29, 1.82) is 0 Å². The zero-order valence-electron chi connectivity index (χ0n) is 18.5. The topological polar surface area (TPSA) is 145 Å². The summed E-state index contributed by atoms with van der Waals surface area (Å²) in [4.78, 5) is 43.4. The fraction of sp³-hybridized carbons (Fsp3) is 0.500. The predicted molar refractivity (Wildman–Crippen MR) is 115 cm³/mol. The van der Waals surface area contributed by atoms with Crippen LogP contribution in [0.2, 0.25) is 0 Å². The van der Waals surface area contributed by atoms with Crippen LogP contribution in [-0.2, 0) is 33.7 Å². The molecule has 1 saturated heterocycles. The van der Waals surface area contributed by atoms with Crippen molar-refractivity contribution >= 4 is 49.4 Å². The van der Waals surface area contributed by atoms with Gasteiger partial charge in [0.1, 0.15) is 16.9 Å². The zero-order chi connectivity index (χ0) is 24.4. The van der Waals surface area contributed by atoms with Crippen LogP contribution in [0, 0.1) is 11.8 Å². The highest BCUT2D eigenvalue weighted by atomic mass is 32.2. The lowest BCUT2D eigenvalue weighted by Crippen LogP contribution is -2.63. The lowest BCUT2D eigenvalue weighted by atomic mass is 9.77. The number of β-lactam (4-membered cyclic amide) rings is 1. The summed E-state index contributed by atoms with van der Waals surface area (Å²) in [6, 6.07) is -0.465. The van der Waals surface area contributed by atoms with Crippen molar-refractivity contribution in [2.24, 2.45) is 11.8 Å². The molecule has 0 aliphatic carbocycles. The molecule has 11 nitrogen and oxygen atoms in total. The summed E-state index contributed by atoms with van der Waals surface area (Å²) in [5, 5.41) is 10.0.